The van der Waals surface area contributed by atoms with E-state index in [-0.39, 0.29) is 6.04 Å². The van der Waals surface area contributed by atoms with Crippen LogP contribution in [0.2, 0.25) is 0 Å². The van der Waals surface area contributed by atoms with Gasteiger partial charge >= 0.3 is 0 Å². The zero-order valence-corrected chi connectivity index (χ0v) is 10.4. The molecule has 1 atom stereocenters. The van der Waals surface area contributed by atoms with Gasteiger partial charge in [0.1, 0.15) is 5.82 Å². The first-order valence-corrected chi connectivity index (χ1v) is 6.11. The van der Waals surface area contributed by atoms with Crippen LogP contribution < -0.4 is 5.73 Å². The molecule has 0 aliphatic carbocycles. The van der Waals surface area contributed by atoms with Gasteiger partial charge in [-0.3, -0.25) is 0 Å². The van der Waals surface area contributed by atoms with Gasteiger partial charge in [-0.05, 0) is 25.0 Å². The number of aryl methyl sites for hydroxylation is 1. The van der Waals surface area contributed by atoms with E-state index in [0.717, 1.165) is 29.9 Å². The van der Waals surface area contributed by atoms with E-state index < -0.39 is 0 Å². The lowest BCUT2D eigenvalue weighted by Gasteiger charge is -2.15. The van der Waals surface area contributed by atoms with Crippen LogP contribution in [-0.4, -0.2) is 9.55 Å². The molecular weight excluding hydrogens is 210 g/mol. The van der Waals surface area contributed by atoms with Crippen molar-refractivity contribution in [2.45, 2.75) is 32.7 Å². The molecule has 2 N–H and O–H groups in total. The van der Waals surface area contributed by atoms with Crippen LogP contribution in [0.4, 0.5) is 0 Å². The number of rotatable bonds is 4. The highest BCUT2D eigenvalue weighted by Crippen LogP contribution is 2.21. The smallest absolute Gasteiger partial charge is 0.113 e. The Morgan fingerprint density at radius 2 is 2.12 bits per heavy atom. The maximum atomic E-state index is 6.01. The van der Waals surface area contributed by atoms with E-state index in [1.807, 2.05) is 31.5 Å². The molecule has 1 aromatic heterocycles. The summed E-state index contributed by atoms with van der Waals surface area (Å²) >= 11 is 0. The van der Waals surface area contributed by atoms with Gasteiger partial charge in [-0.1, -0.05) is 25.1 Å². The van der Waals surface area contributed by atoms with Gasteiger partial charge in [-0.15, -0.1) is 0 Å². The summed E-state index contributed by atoms with van der Waals surface area (Å²) in [6.07, 6.45) is 5.94. The molecule has 0 bridgehead atoms. The minimum atomic E-state index is 0.0306. The second-order valence-electron chi connectivity index (χ2n) is 4.31. The first-order chi connectivity index (χ1) is 8.24. The largest absolute Gasteiger partial charge is 0.324 e. The second kappa shape index (κ2) is 5.15. The monoisotopic (exact) mass is 229 g/mol. The van der Waals surface area contributed by atoms with Crippen LogP contribution in [0, 0.1) is 0 Å². The van der Waals surface area contributed by atoms with E-state index in [0.29, 0.717) is 0 Å². The molecule has 1 aromatic carbocycles. The summed E-state index contributed by atoms with van der Waals surface area (Å²) in [4.78, 5) is 4.40. The van der Waals surface area contributed by atoms with Gasteiger partial charge in [0.05, 0.1) is 5.69 Å². The SMILES string of the molecule is CCCc1nccn1-c1ccccc1C(C)N. The van der Waals surface area contributed by atoms with Crippen LogP contribution in [-0.2, 0) is 6.42 Å². The van der Waals surface area contributed by atoms with Crippen molar-refractivity contribution in [3.05, 3.63) is 48.0 Å². The normalized spacial score (nSPS) is 12.6. The number of nitrogens with zero attached hydrogens (tertiary/aromatic N) is 2. The van der Waals surface area contributed by atoms with Crippen molar-refractivity contribution in [1.82, 2.24) is 9.55 Å². The van der Waals surface area contributed by atoms with E-state index in [9.17, 15) is 0 Å². The molecule has 2 aromatic rings. The third-order valence-corrected chi connectivity index (χ3v) is 2.88. The Balaban J connectivity index is 2.48. The highest BCUT2D eigenvalue weighted by Gasteiger charge is 2.10. The average Bonchev–Trinajstić information content (AvgIpc) is 2.77. The molecule has 3 heteroatoms. The minimum absolute atomic E-state index is 0.0306. The minimum Gasteiger partial charge on any atom is -0.324 e. The Kier molecular flexibility index (Phi) is 3.59. The number of para-hydroxylation sites is 1. The molecule has 0 fully saturated rings. The molecule has 0 spiro atoms. The second-order valence-corrected chi connectivity index (χ2v) is 4.31. The molecule has 1 heterocycles. The van der Waals surface area contributed by atoms with Crippen LogP contribution in [0.25, 0.3) is 5.69 Å². The summed E-state index contributed by atoms with van der Waals surface area (Å²) in [5.41, 5.74) is 8.31. The molecule has 0 aliphatic rings. The number of imidazole rings is 1. The Morgan fingerprint density at radius 1 is 1.35 bits per heavy atom. The summed E-state index contributed by atoms with van der Waals surface area (Å²) in [7, 11) is 0. The third kappa shape index (κ3) is 2.39. The maximum Gasteiger partial charge on any atom is 0.113 e. The van der Waals surface area contributed by atoms with E-state index in [2.05, 4.69) is 28.6 Å². The standard InChI is InChI=1S/C14H19N3/c1-3-6-14-16-9-10-17(14)13-8-5-4-7-12(13)11(2)15/h4-5,7-11H,3,6,15H2,1-2H3. The summed E-state index contributed by atoms with van der Waals surface area (Å²) in [5, 5.41) is 0. The molecular formula is C14H19N3. The van der Waals surface area contributed by atoms with Crippen LogP contribution >= 0.6 is 0 Å². The van der Waals surface area contributed by atoms with Gasteiger partial charge in [0, 0.05) is 24.9 Å². The lowest BCUT2D eigenvalue weighted by atomic mass is 10.1. The first-order valence-electron chi connectivity index (χ1n) is 6.11. The van der Waals surface area contributed by atoms with E-state index in [1.54, 1.807) is 0 Å². The van der Waals surface area contributed by atoms with E-state index >= 15 is 0 Å². The van der Waals surface area contributed by atoms with Crippen molar-refractivity contribution >= 4 is 0 Å². The molecule has 90 valence electrons. The van der Waals surface area contributed by atoms with Crippen LogP contribution in [0.3, 0.4) is 0 Å². The molecule has 0 aliphatic heterocycles. The first kappa shape index (κ1) is 11.9. The van der Waals surface area contributed by atoms with Crippen molar-refractivity contribution in [2.75, 3.05) is 0 Å². The molecule has 0 saturated carbocycles. The zero-order valence-electron chi connectivity index (χ0n) is 10.4. The molecule has 0 amide bonds. The predicted octanol–water partition coefficient (Wildman–Crippen LogP) is 2.84. The highest BCUT2D eigenvalue weighted by molar-refractivity contribution is 5.43. The average molecular weight is 229 g/mol. The predicted molar refractivity (Wildman–Crippen MR) is 70.2 cm³/mol. The lowest BCUT2D eigenvalue weighted by Crippen LogP contribution is -2.11. The summed E-state index contributed by atoms with van der Waals surface area (Å²) < 4.78 is 2.14. The highest BCUT2D eigenvalue weighted by atomic mass is 15.1. The Labute approximate surface area is 102 Å². The molecule has 2 rings (SSSR count). The Bertz CT molecular complexity index is 486. The third-order valence-electron chi connectivity index (χ3n) is 2.88. The van der Waals surface area contributed by atoms with Crippen LogP contribution in [0.15, 0.2) is 36.7 Å². The van der Waals surface area contributed by atoms with Gasteiger partial charge in [-0.25, -0.2) is 4.98 Å². The van der Waals surface area contributed by atoms with Gasteiger partial charge in [0.15, 0.2) is 0 Å². The summed E-state index contributed by atoms with van der Waals surface area (Å²) in [5.74, 6) is 1.10. The fourth-order valence-corrected chi connectivity index (χ4v) is 2.05. The zero-order chi connectivity index (χ0) is 12.3. The number of hydrogen-bond donors (Lipinski definition) is 1. The molecule has 3 nitrogen and oxygen atoms in total. The Morgan fingerprint density at radius 3 is 2.82 bits per heavy atom. The van der Waals surface area contributed by atoms with Crippen molar-refractivity contribution in [1.29, 1.82) is 0 Å². The van der Waals surface area contributed by atoms with E-state index in [4.69, 9.17) is 5.73 Å². The van der Waals surface area contributed by atoms with Crippen molar-refractivity contribution in [3.8, 4) is 5.69 Å². The fraction of sp³-hybridized carbons (Fsp3) is 0.357. The number of benzene rings is 1. The quantitative estimate of drug-likeness (QED) is 0.876. The summed E-state index contributed by atoms with van der Waals surface area (Å²) in [6, 6.07) is 8.27. The topological polar surface area (TPSA) is 43.8 Å². The van der Waals surface area contributed by atoms with Crippen LogP contribution in [0.1, 0.15) is 37.7 Å². The van der Waals surface area contributed by atoms with Gasteiger partial charge in [-0.2, -0.15) is 0 Å². The summed E-state index contributed by atoms with van der Waals surface area (Å²) in [6.45, 7) is 4.17. The number of nitrogens with two attached hydrogens (primary N) is 1. The number of aromatic nitrogens is 2. The van der Waals surface area contributed by atoms with Crippen molar-refractivity contribution in [3.63, 3.8) is 0 Å². The van der Waals surface area contributed by atoms with E-state index in [1.165, 1.54) is 0 Å². The molecule has 1 unspecified atom stereocenters. The van der Waals surface area contributed by atoms with Gasteiger partial charge in [0.25, 0.3) is 0 Å². The fourth-order valence-electron chi connectivity index (χ4n) is 2.05. The number of hydrogen-bond acceptors (Lipinski definition) is 2. The van der Waals surface area contributed by atoms with Gasteiger partial charge in [0.2, 0.25) is 0 Å². The van der Waals surface area contributed by atoms with Crippen LogP contribution in [0.5, 0.6) is 0 Å². The molecule has 0 saturated heterocycles. The van der Waals surface area contributed by atoms with Crippen molar-refractivity contribution < 1.29 is 0 Å². The maximum absolute atomic E-state index is 6.01. The molecule has 0 radical (unpaired) electrons. The van der Waals surface area contributed by atoms with Gasteiger partial charge < -0.3 is 10.3 Å². The molecule has 17 heavy (non-hydrogen) atoms. The lowest BCUT2D eigenvalue weighted by molar-refractivity contribution is 0.774. The van der Waals surface area contributed by atoms with Crippen molar-refractivity contribution in [2.24, 2.45) is 5.73 Å². The Hall–Kier alpha value is -1.61.